The minimum absolute atomic E-state index is 0.124. The summed E-state index contributed by atoms with van der Waals surface area (Å²) < 4.78 is 24.0. The molecule has 1 fully saturated rings. The summed E-state index contributed by atoms with van der Waals surface area (Å²) in [4.78, 5) is 24.5. The van der Waals surface area contributed by atoms with Gasteiger partial charge in [0.1, 0.15) is 5.82 Å². The fourth-order valence-corrected chi connectivity index (χ4v) is 2.87. The smallest absolute Gasteiger partial charge is 0.228 e. The molecule has 0 saturated heterocycles. The van der Waals surface area contributed by atoms with E-state index in [9.17, 15) is 14.0 Å². The Hall–Kier alpha value is -3.09. The summed E-state index contributed by atoms with van der Waals surface area (Å²) in [6.45, 7) is 0.317. The Morgan fingerprint density at radius 2 is 1.74 bits per heavy atom. The molecule has 0 radical (unpaired) electrons. The third-order valence-corrected chi connectivity index (χ3v) is 4.51. The molecule has 0 aliphatic heterocycles. The number of hydrogen-bond donors (Lipinski definition) is 2. The first-order chi connectivity index (χ1) is 13.0. The van der Waals surface area contributed by atoms with Gasteiger partial charge in [0.25, 0.3) is 0 Å². The number of para-hydroxylation sites is 1. The molecule has 0 aromatic heterocycles. The quantitative estimate of drug-likeness (QED) is 0.784. The highest BCUT2D eigenvalue weighted by atomic mass is 19.1. The van der Waals surface area contributed by atoms with Crippen molar-refractivity contribution in [3.8, 4) is 11.5 Å². The molecule has 2 aromatic rings. The maximum atomic E-state index is 13.6. The van der Waals surface area contributed by atoms with Crippen LogP contribution in [0.25, 0.3) is 0 Å². The van der Waals surface area contributed by atoms with Crippen molar-refractivity contribution in [2.24, 2.45) is 11.8 Å². The van der Waals surface area contributed by atoms with E-state index in [2.05, 4.69) is 10.6 Å². The number of carbonyl (C=O) groups excluding carboxylic acids is 2. The van der Waals surface area contributed by atoms with Crippen molar-refractivity contribution < 1.29 is 23.5 Å². The summed E-state index contributed by atoms with van der Waals surface area (Å²) in [5, 5.41) is 5.35. The van der Waals surface area contributed by atoms with Crippen LogP contribution in [0.4, 0.5) is 10.1 Å². The molecule has 7 heteroatoms. The molecule has 2 N–H and O–H groups in total. The van der Waals surface area contributed by atoms with Crippen LogP contribution >= 0.6 is 0 Å². The largest absolute Gasteiger partial charge is 0.493 e. The van der Waals surface area contributed by atoms with Gasteiger partial charge in [0, 0.05) is 6.54 Å². The first kappa shape index (κ1) is 18.7. The van der Waals surface area contributed by atoms with Crippen LogP contribution in [0.15, 0.2) is 42.5 Å². The Morgan fingerprint density at radius 1 is 1.04 bits per heavy atom. The van der Waals surface area contributed by atoms with Gasteiger partial charge in [0.2, 0.25) is 11.8 Å². The summed E-state index contributed by atoms with van der Waals surface area (Å²) >= 11 is 0. The van der Waals surface area contributed by atoms with Gasteiger partial charge in [0.15, 0.2) is 11.5 Å². The lowest BCUT2D eigenvalue weighted by molar-refractivity contribution is -0.125. The molecule has 1 saturated carbocycles. The lowest BCUT2D eigenvalue weighted by Gasteiger charge is -2.10. The van der Waals surface area contributed by atoms with Crippen molar-refractivity contribution in [1.29, 1.82) is 0 Å². The molecule has 1 aliphatic carbocycles. The van der Waals surface area contributed by atoms with E-state index < -0.39 is 17.7 Å². The second-order valence-corrected chi connectivity index (χ2v) is 6.32. The second-order valence-electron chi connectivity index (χ2n) is 6.32. The Kier molecular flexibility index (Phi) is 5.59. The molecule has 2 atom stereocenters. The normalized spacial score (nSPS) is 17.7. The number of nitrogens with one attached hydrogen (secondary N) is 2. The Balaban J connectivity index is 1.51. The van der Waals surface area contributed by atoms with Crippen LogP contribution < -0.4 is 20.1 Å². The van der Waals surface area contributed by atoms with Crippen molar-refractivity contribution in [2.75, 3.05) is 19.5 Å². The Morgan fingerprint density at radius 3 is 2.44 bits per heavy atom. The summed E-state index contributed by atoms with van der Waals surface area (Å²) in [5.74, 6) is -0.671. The van der Waals surface area contributed by atoms with Gasteiger partial charge in [-0.15, -0.1) is 0 Å². The average molecular weight is 372 g/mol. The minimum atomic E-state index is -0.499. The first-order valence-corrected chi connectivity index (χ1v) is 8.57. The van der Waals surface area contributed by atoms with Gasteiger partial charge < -0.3 is 20.1 Å². The third-order valence-electron chi connectivity index (χ3n) is 4.51. The fourth-order valence-electron chi connectivity index (χ4n) is 2.87. The SMILES string of the molecule is COc1ccc(CNC(=O)C2CC2C(=O)Nc2ccccc2F)cc1OC. The van der Waals surface area contributed by atoms with Crippen LogP contribution in [-0.2, 0) is 16.1 Å². The number of hydrogen-bond acceptors (Lipinski definition) is 4. The van der Waals surface area contributed by atoms with Gasteiger partial charge in [-0.05, 0) is 36.2 Å². The van der Waals surface area contributed by atoms with Gasteiger partial charge in [-0.1, -0.05) is 18.2 Å². The molecule has 2 amide bonds. The van der Waals surface area contributed by atoms with Crippen LogP contribution in [0.3, 0.4) is 0 Å². The maximum absolute atomic E-state index is 13.6. The molecule has 0 spiro atoms. The number of halogens is 1. The number of benzene rings is 2. The van der Waals surface area contributed by atoms with Gasteiger partial charge in [-0.3, -0.25) is 9.59 Å². The van der Waals surface area contributed by atoms with Gasteiger partial charge in [-0.2, -0.15) is 0 Å². The standard InChI is InChI=1S/C20H21FN2O4/c1-26-17-8-7-12(9-18(17)27-2)11-22-19(24)13-10-14(13)20(25)23-16-6-4-3-5-15(16)21/h3-9,13-14H,10-11H2,1-2H3,(H,22,24)(H,23,25). The minimum Gasteiger partial charge on any atom is -0.493 e. The topological polar surface area (TPSA) is 76.7 Å². The van der Waals surface area contributed by atoms with Crippen molar-refractivity contribution in [2.45, 2.75) is 13.0 Å². The summed E-state index contributed by atoms with van der Waals surface area (Å²) in [6.07, 6.45) is 0.456. The highest BCUT2D eigenvalue weighted by molar-refractivity contribution is 5.99. The van der Waals surface area contributed by atoms with Crippen molar-refractivity contribution >= 4 is 17.5 Å². The van der Waals surface area contributed by atoms with E-state index in [4.69, 9.17) is 9.47 Å². The molecule has 6 nitrogen and oxygen atoms in total. The second kappa shape index (κ2) is 8.07. The third kappa shape index (κ3) is 4.36. The van der Waals surface area contributed by atoms with Crippen molar-refractivity contribution in [3.05, 3.63) is 53.8 Å². The predicted octanol–water partition coefficient (Wildman–Crippen LogP) is 2.73. The van der Waals surface area contributed by atoms with E-state index in [1.165, 1.54) is 12.1 Å². The highest BCUT2D eigenvalue weighted by Gasteiger charge is 2.48. The zero-order valence-electron chi connectivity index (χ0n) is 15.1. The number of methoxy groups -OCH3 is 2. The molecule has 1 aliphatic rings. The van der Waals surface area contributed by atoms with Gasteiger partial charge >= 0.3 is 0 Å². The zero-order chi connectivity index (χ0) is 19.4. The van der Waals surface area contributed by atoms with Crippen LogP contribution in [-0.4, -0.2) is 26.0 Å². The van der Waals surface area contributed by atoms with Crippen LogP contribution in [0.2, 0.25) is 0 Å². The summed E-state index contributed by atoms with van der Waals surface area (Å²) in [6, 6.07) is 11.3. The van der Waals surface area contributed by atoms with Crippen molar-refractivity contribution in [3.63, 3.8) is 0 Å². The van der Waals surface area contributed by atoms with E-state index in [-0.39, 0.29) is 17.5 Å². The monoisotopic (exact) mass is 372 g/mol. The van der Waals surface area contributed by atoms with Crippen LogP contribution in [0, 0.1) is 17.7 Å². The average Bonchev–Trinajstić information content (AvgIpc) is 3.48. The number of ether oxygens (including phenoxy) is 2. The lowest BCUT2D eigenvalue weighted by atomic mass is 10.2. The number of anilines is 1. The molecule has 2 aromatic carbocycles. The lowest BCUT2D eigenvalue weighted by Crippen LogP contribution is -2.27. The fraction of sp³-hybridized carbons (Fsp3) is 0.300. The van der Waals surface area contributed by atoms with Crippen molar-refractivity contribution in [1.82, 2.24) is 5.32 Å². The Labute approximate surface area is 156 Å². The van der Waals surface area contributed by atoms with E-state index in [1.807, 2.05) is 6.07 Å². The maximum Gasteiger partial charge on any atom is 0.228 e. The number of rotatable bonds is 7. The van der Waals surface area contributed by atoms with E-state index in [0.717, 1.165) is 5.56 Å². The van der Waals surface area contributed by atoms with Crippen LogP contribution in [0.1, 0.15) is 12.0 Å². The zero-order valence-corrected chi connectivity index (χ0v) is 15.1. The molecule has 142 valence electrons. The summed E-state index contributed by atoms with van der Waals surface area (Å²) in [5.41, 5.74) is 0.980. The van der Waals surface area contributed by atoms with E-state index in [1.54, 1.807) is 38.5 Å². The highest BCUT2D eigenvalue weighted by Crippen LogP contribution is 2.39. The molecule has 0 bridgehead atoms. The van der Waals surface area contributed by atoms with Gasteiger partial charge in [-0.25, -0.2) is 4.39 Å². The summed E-state index contributed by atoms with van der Waals surface area (Å²) in [7, 11) is 3.10. The molecule has 2 unspecified atom stereocenters. The molecule has 27 heavy (non-hydrogen) atoms. The Bertz CT molecular complexity index is 856. The number of carbonyl (C=O) groups is 2. The van der Waals surface area contributed by atoms with Crippen LogP contribution in [0.5, 0.6) is 11.5 Å². The molecule has 3 rings (SSSR count). The van der Waals surface area contributed by atoms with E-state index >= 15 is 0 Å². The van der Waals surface area contributed by atoms with E-state index in [0.29, 0.717) is 24.5 Å². The molecule has 0 heterocycles. The molecular weight excluding hydrogens is 351 g/mol. The van der Waals surface area contributed by atoms with Gasteiger partial charge in [0.05, 0.1) is 31.7 Å². The first-order valence-electron chi connectivity index (χ1n) is 8.57. The predicted molar refractivity (Wildman–Crippen MR) is 98.0 cm³/mol. The number of amides is 2. The molecular formula is C20H21FN2O4.